The number of benzene rings is 3. The van der Waals surface area contributed by atoms with E-state index in [-0.39, 0.29) is 12.5 Å². The number of esters is 1. The summed E-state index contributed by atoms with van der Waals surface area (Å²) >= 11 is 0. The lowest BCUT2D eigenvalue weighted by Crippen LogP contribution is -2.17. The molecule has 1 aliphatic carbocycles. The molecule has 2 N–H and O–H groups in total. The average molecular weight is 387 g/mol. The highest BCUT2D eigenvalue weighted by molar-refractivity contribution is 5.95. The Morgan fingerprint density at radius 3 is 2.00 bits per heavy atom. The molecule has 0 atom stereocenters. The van der Waals surface area contributed by atoms with Crippen LogP contribution in [0, 0.1) is 0 Å². The maximum atomic E-state index is 12.2. The normalized spacial score (nSPS) is 12.2. The molecule has 0 fully saturated rings. The summed E-state index contributed by atoms with van der Waals surface area (Å²) in [6.07, 6.45) is -0.273. The number of nitrogens with two attached hydrogens (primary N) is 1. The lowest BCUT2D eigenvalue weighted by atomic mass is 9.98. The SMILES string of the molecule is NCCc1ccc(C(=O)OC(=O)OCC2c3ccccc3-c3ccccc32)cc1. The number of hydrogen-bond donors (Lipinski definition) is 1. The van der Waals surface area contributed by atoms with Crippen molar-refractivity contribution in [1.82, 2.24) is 0 Å². The molecule has 0 spiro atoms. The predicted octanol–water partition coefficient (Wildman–Crippen LogP) is 4.29. The van der Waals surface area contributed by atoms with Crippen molar-refractivity contribution in [2.24, 2.45) is 5.73 Å². The van der Waals surface area contributed by atoms with Gasteiger partial charge in [0.15, 0.2) is 0 Å². The monoisotopic (exact) mass is 387 g/mol. The molecule has 0 saturated carbocycles. The largest absolute Gasteiger partial charge is 0.516 e. The molecule has 0 aromatic heterocycles. The van der Waals surface area contributed by atoms with Crippen molar-refractivity contribution in [3.05, 3.63) is 95.1 Å². The Hall–Kier alpha value is -3.44. The minimum absolute atomic E-state index is 0.0828. The zero-order valence-electron chi connectivity index (χ0n) is 15.8. The van der Waals surface area contributed by atoms with Gasteiger partial charge in [-0.25, -0.2) is 9.59 Å². The first kappa shape index (κ1) is 18.9. The standard InChI is InChI=1S/C24H21NO4/c25-14-13-16-9-11-17(12-10-16)23(26)29-24(27)28-15-22-20-7-3-1-5-18(20)19-6-2-4-8-21(19)22/h1-12,22H,13-15,25H2. The van der Waals surface area contributed by atoms with Gasteiger partial charge >= 0.3 is 12.1 Å². The summed E-state index contributed by atoms with van der Waals surface area (Å²) in [5.41, 5.74) is 11.3. The van der Waals surface area contributed by atoms with Gasteiger partial charge in [-0.3, -0.25) is 0 Å². The first-order valence-electron chi connectivity index (χ1n) is 9.53. The molecule has 3 aromatic rings. The van der Waals surface area contributed by atoms with Crippen LogP contribution in [0.2, 0.25) is 0 Å². The van der Waals surface area contributed by atoms with Crippen molar-refractivity contribution >= 4 is 12.1 Å². The van der Waals surface area contributed by atoms with Gasteiger partial charge in [-0.15, -0.1) is 0 Å². The van der Waals surface area contributed by atoms with E-state index in [1.54, 1.807) is 24.3 Å². The van der Waals surface area contributed by atoms with Crippen molar-refractivity contribution in [3.8, 4) is 11.1 Å². The zero-order valence-corrected chi connectivity index (χ0v) is 15.8. The maximum Gasteiger partial charge on any atom is 0.516 e. The quantitative estimate of drug-likeness (QED) is 0.522. The summed E-state index contributed by atoms with van der Waals surface area (Å²) in [4.78, 5) is 24.3. The molecule has 29 heavy (non-hydrogen) atoms. The van der Waals surface area contributed by atoms with Crippen molar-refractivity contribution in [2.75, 3.05) is 13.2 Å². The van der Waals surface area contributed by atoms with E-state index in [4.69, 9.17) is 15.2 Å². The molecular weight excluding hydrogens is 366 g/mol. The van der Waals surface area contributed by atoms with Gasteiger partial charge in [0, 0.05) is 5.92 Å². The molecule has 0 bridgehead atoms. The first-order chi connectivity index (χ1) is 14.2. The Kier molecular flexibility index (Phi) is 5.40. The van der Waals surface area contributed by atoms with Crippen LogP contribution >= 0.6 is 0 Å². The highest BCUT2D eigenvalue weighted by Gasteiger charge is 2.29. The Balaban J connectivity index is 1.40. The predicted molar refractivity (Wildman–Crippen MR) is 110 cm³/mol. The third kappa shape index (κ3) is 3.91. The molecule has 5 nitrogen and oxygen atoms in total. The molecule has 0 amide bonds. The number of carbonyl (C=O) groups excluding carboxylic acids is 2. The Morgan fingerprint density at radius 2 is 1.41 bits per heavy atom. The second-order valence-electron chi connectivity index (χ2n) is 6.91. The third-order valence-electron chi connectivity index (χ3n) is 5.13. The van der Waals surface area contributed by atoms with Gasteiger partial charge in [-0.05, 0) is 52.9 Å². The topological polar surface area (TPSA) is 78.6 Å². The molecule has 146 valence electrons. The maximum absolute atomic E-state index is 12.2. The average Bonchev–Trinajstić information content (AvgIpc) is 3.07. The van der Waals surface area contributed by atoms with Gasteiger partial charge in [0.1, 0.15) is 6.61 Å². The minimum Gasteiger partial charge on any atom is -0.433 e. The number of hydrogen-bond acceptors (Lipinski definition) is 5. The Morgan fingerprint density at radius 1 is 0.828 bits per heavy atom. The summed E-state index contributed by atoms with van der Waals surface area (Å²) in [7, 11) is 0. The minimum atomic E-state index is -0.997. The van der Waals surface area contributed by atoms with Crippen molar-refractivity contribution in [3.63, 3.8) is 0 Å². The summed E-state index contributed by atoms with van der Waals surface area (Å²) < 4.78 is 10.1. The Labute approximate surface area is 169 Å². The van der Waals surface area contributed by atoms with Gasteiger partial charge in [-0.2, -0.15) is 0 Å². The summed E-state index contributed by atoms with van der Waals surface area (Å²) in [6.45, 7) is 0.638. The van der Waals surface area contributed by atoms with Crippen LogP contribution in [0.25, 0.3) is 11.1 Å². The summed E-state index contributed by atoms with van der Waals surface area (Å²) in [5, 5.41) is 0. The van der Waals surface area contributed by atoms with E-state index in [2.05, 4.69) is 12.1 Å². The molecule has 0 heterocycles. The van der Waals surface area contributed by atoms with E-state index >= 15 is 0 Å². The van der Waals surface area contributed by atoms with E-state index in [9.17, 15) is 9.59 Å². The van der Waals surface area contributed by atoms with E-state index in [0.717, 1.165) is 34.2 Å². The Bertz CT molecular complexity index is 997. The van der Waals surface area contributed by atoms with Gasteiger partial charge in [-0.1, -0.05) is 60.7 Å². The van der Waals surface area contributed by atoms with E-state index < -0.39 is 12.1 Å². The highest BCUT2D eigenvalue weighted by atomic mass is 16.7. The fourth-order valence-electron chi connectivity index (χ4n) is 3.73. The van der Waals surface area contributed by atoms with E-state index in [1.807, 2.05) is 36.4 Å². The lowest BCUT2D eigenvalue weighted by Gasteiger charge is -2.13. The van der Waals surface area contributed by atoms with Gasteiger partial charge in [0.05, 0.1) is 5.56 Å². The van der Waals surface area contributed by atoms with Crippen LogP contribution in [0.3, 0.4) is 0 Å². The zero-order chi connectivity index (χ0) is 20.2. The van der Waals surface area contributed by atoms with Crippen molar-refractivity contribution in [1.29, 1.82) is 0 Å². The van der Waals surface area contributed by atoms with E-state index in [0.29, 0.717) is 12.1 Å². The molecular formula is C24H21NO4. The van der Waals surface area contributed by atoms with Crippen LogP contribution in [0.5, 0.6) is 0 Å². The molecule has 3 aromatic carbocycles. The van der Waals surface area contributed by atoms with E-state index in [1.165, 1.54) is 0 Å². The smallest absolute Gasteiger partial charge is 0.433 e. The molecule has 0 saturated heterocycles. The molecule has 4 rings (SSSR count). The van der Waals surface area contributed by atoms with Crippen LogP contribution in [0.15, 0.2) is 72.8 Å². The molecule has 1 aliphatic rings. The second-order valence-corrected chi connectivity index (χ2v) is 6.91. The van der Waals surface area contributed by atoms with Crippen LogP contribution in [0.1, 0.15) is 33.0 Å². The van der Waals surface area contributed by atoms with Crippen molar-refractivity contribution < 1.29 is 19.1 Å². The van der Waals surface area contributed by atoms with Crippen LogP contribution in [0.4, 0.5) is 4.79 Å². The van der Waals surface area contributed by atoms with Crippen LogP contribution in [-0.4, -0.2) is 25.3 Å². The number of fused-ring (bicyclic) bond motifs is 3. The van der Waals surface area contributed by atoms with Crippen LogP contribution < -0.4 is 5.73 Å². The second kappa shape index (κ2) is 8.29. The molecule has 0 radical (unpaired) electrons. The van der Waals surface area contributed by atoms with Gasteiger partial charge in [0.2, 0.25) is 0 Å². The van der Waals surface area contributed by atoms with Crippen LogP contribution in [-0.2, 0) is 15.9 Å². The molecule has 0 unspecified atom stereocenters. The highest BCUT2D eigenvalue weighted by Crippen LogP contribution is 2.44. The molecule has 5 heteroatoms. The van der Waals surface area contributed by atoms with Gasteiger partial charge in [0.25, 0.3) is 0 Å². The first-order valence-corrected chi connectivity index (χ1v) is 9.53. The lowest BCUT2D eigenvalue weighted by molar-refractivity contribution is 0.0377. The summed E-state index contributed by atoms with van der Waals surface area (Å²) in [5.74, 6) is -0.817. The number of rotatable bonds is 5. The summed E-state index contributed by atoms with van der Waals surface area (Å²) in [6, 6.07) is 22.9. The number of ether oxygens (including phenoxy) is 2. The number of carbonyl (C=O) groups is 2. The van der Waals surface area contributed by atoms with Gasteiger partial charge < -0.3 is 15.2 Å². The fraction of sp³-hybridized carbons (Fsp3) is 0.167. The fourth-order valence-corrected chi connectivity index (χ4v) is 3.73. The third-order valence-corrected chi connectivity index (χ3v) is 5.13. The van der Waals surface area contributed by atoms with Crippen molar-refractivity contribution in [2.45, 2.75) is 12.3 Å². The molecule has 0 aliphatic heterocycles.